The summed E-state index contributed by atoms with van der Waals surface area (Å²) >= 11 is 0. The molecular weight excluding hydrogens is 305 g/mol. The number of nitrogens with zero attached hydrogens (tertiary/aromatic N) is 2. The number of hydrogen-bond acceptors (Lipinski definition) is 2. The number of halogens is 1. The maximum Gasteiger partial charge on any atom is 0.194 e. The molecule has 0 spiro atoms. The van der Waals surface area contributed by atoms with Crippen molar-refractivity contribution in [2.24, 2.45) is 4.99 Å². The molecule has 0 radical (unpaired) electrons. The van der Waals surface area contributed by atoms with Gasteiger partial charge in [-0.15, -0.1) is 0 Å². The number of nitrogens with one attached hydrogen (secondary N) is 1. The van der Waals surface area contributed by atoms with Crippen molar-refractivity contribution in [2.45, 2.75) is 26.6 Å². The Bertz CT molecular complexity index is 674. The molecule has 0 amide bonds. The van der Waals surface area contributed by atoms with E-state index < -0.39 is 5.82 Å². The van der Waals surface area contributed by atoms with Gasteiger partial charge in [0.05, 0.1) is 13.2 Å². The fourth-order valence-corrected chi connectivity index (χ4v) is 2.42. The first-order chi connectivity index (χ1) is 11.6. The number of guanidine groups is 1. The Balaban J connectivity index is 2.09. The Morgan fingerprint density at radius 1 is 1.17 bits per heavy atom. The molecule has 24 heavy (non-hydrogen) atoms. The first kappa shape index (κ1) is 17.9. The van der Waals surface area contributed by atoms with Gasteiger partial charge in [0.1, 0.15) is 5.82 Å². The fourth-order valence-electron chi connectivity index (χ4n) is 2.42. The van der Waals surface area contributed by atoms with Gasteiger partial charge in [0.25, 0.3) is 0 Å². The topological polar surface area (TPSA) is 47.9 Å². The number of rotatable bonds is 6. The lowest BCUT2D eigenvalue weighted by atomic mass is 10.1. The second-order valence-corrected chi connectivity index (χ2v) is 5.60. The normalized spacial score (nSPS) is 11.4. The maximum absolute atomic E-state index is 13.4. The van der Waals surface area contributed by atoms with Crippen LogP contribution < -0.4 is 5.32 Å². The molecule has 0 aliphatic heterocycles. The Kier molecular flexibility index (Phi) is 6.75. The van der Waals surface area contributed by atoms with E-state index in [9.17, 15) is 4.39 Å². The molecule has 0 atom stereocenters. The number of aliphatic hydroxyl groups excluding tert-OH is 1. The van der Waals surface area contributed by atoms with Crippen molar-refractivity contribution in [3.8, 4) is 0 Å². The van der Waals surface area contributed by atoms with E-state index in [1.165, 1.54) is 11.6 Å². The summed E-state index contributed by atoms with van der Waals surface area (Å²) in [7, 11) is 1.98. The van der Waals surface area contributed by atoms with Crippen LogP contribution in [-0.2, 0) is 19.7 Å². The zero-order chi connectivity index (χ0) is 17.4. The third-order valence-corrected chi connectivity index (χ3v) is 3.65. The molecule has 0 heterocycles. The quantitative estimate of drug-likeness (QED) is 0.633. The van der Waals surface area contributed by atoms with Gasteiger partial charge in [0.2, 0.25) is 0 Å². The number of benzene rings is 2. The van der Waals surface area contributed by atoms with Crippen LogP contribution in [0.15, 0.2) is 53.5 Å². The van der Waals surface area contributed by atoms with E-state index in [1.807, 2.05) is 32.2 Å². The second kappa shape index (κ2) is 9.03. The molecule has 0 aliphatic carbocycles. The molecule has 2 N–H and O–H groups in total. The minimum Gasteiger partial charge on any atom is -0.392 e. The predicted molar refractivity (Wildman–Crippen MR) is 95.0 cm³/mol. The van der Waals surface area contributed by atoms with E-state index in [2.05, 4.69) is 27.3 Å². The van der Waals surface area contributed by atoms with Gasteiger partial charge >= 0.3 is 0 Å². The maximum atomic E-state index is 13.4. The van der Waals surface area contributed by atoms with Crippen LogP contribution in [0.4, 0.5) is 4.39 Å². The van der Waals surface area contributed by atoms with Gasteiger partial charge in [-0.2, -0.15) is 0 Å². The highest BCUT2D eigenvalue weighted by Gasteiger charge is 2.07. The van der Waals surface area contributed by atoms with E-state index in [1.54, 1.807) is 12.1 Å². The lowest BCUT2D eigenvalue weighted by Crippen LogP contribution is -2.38. The highest BCUT2D eigenvalue weighted by atomic mass is 19.1. The van der Waals surface area contributed by atoms with Crippen LogP contribution in [0.2, 0.25) is 0 Å². The van der Waals surface area contributed by atoms with Gasteiger partial charge in [-0.1, -0.05) is 36.4 Å². The van der Waals surface area contributed by atoms with Crippen molar-refractivity contribution in [2.75, 3.05) is 13.6 Å². The third kappa shape index (κ3) is 5.06. The van der Waals surface area contributed by atoms with Crippen LogP contribution in [0.25, 0.3) is 0 Å². The summed E-state index contributed by atoms with van der Waals surface area (Å²) in [5.41, 5.74) is 2.37. The summed E-state index contributed by atoms with van der Waals surface area (Å²) in [6, 6.07) is 14.9. The average molecular weight is 329 g/mol. The molecule has 0 unspecified atom stereocenters. The van der Waals surface area contributed by atoms with Gasteiger partial charge < -0.3 is 15.3 Å². The van der Waals surface area contributed by atoms with Crippen molar-refractivity contribution >= 4 is 5.96 Å². The van der Waals surface area contributed by atoms with Gasteiger partial charge in [0.15, 0.2) is 5.96 Å². The zero-order valence-electron chi connectivity index (χ0n) is 14.2. The van der Waals surface area contributed by atoms with Crippen LogP contribution in [-0.4, -0.2) is 29.6 Å². The minimum atomic E-state index is -0.390. The van der Waals surface area contributed by atoms with Crippen molar-refractivity contribution in [3.05, 3.63) is 71.0 Å². The van der Waals surface area contributed by atoms with Crippen molar-refractivity contribution in [1.29, 1.82) is 0 Å². The molecule has 0 fully saturated rings. The number of aliphatic imine (C=N–C) groups is 1. The molecule has 0 saturated carbocycles. The minimum absolute atomic E-state index is 0.297. The second-order valence-electron chi connectivity index (χ2n) is 5.60. The molecule has 2 rings (SSSR count). The molecule has 2 aromatic carbocycles. The van der Waals surface area contributed by atoms with E-state index in [4.69, 9.17) is 5.11 Å². The van der Waals surface area contributed by atoms with E-state index in [0.717, 1.165) is 24.6 Å². The van der Waals surface area contributed by atoms with Crippen LogP contribution in [0.1, 0.15) is 23.6 Å². The summed E-state index contributed by atoms with van der Waals surface area (Å²) in [4.78, 5) is 6.66. The van der Waals surface area contributed by atoms with Gasteiger partial charge in [-0.25, -0.2) is 9.38 Å². The summed E-state index contributed by atoms with van der Waals surface area (Å²) in [5.74, 6) is 0.398. The van der Waals surface area contributed by atoms with E-state index in [0.29, 0.717) is 12.1 Å². The van der Waals surface area contributed by atoms with Gasteiger partial charge in [-0.3, -0.25) is 0 Å². The Hall–Kier alpha value is -2.40. The van der Waals surface area contributed by atoms with Crippen molar-refractivity contribution in [1.82, 2.24) is 10.2 Å². The smallest absolute Gasteiger partial charge is 0.194 e. The predicted octanol–water partition coefficient (Wildman–Crippen LogP) is 2.92. The van der Waals surface area contributed by atoms with Crippen molar-refractivity contribution in [3.63, 3.8) is 0 Å². The molecule has 2 aromatic rings. The summed E-state index contributed by atoms with van der Waals surface area (Å²) < 4.78 is 13.4. The zero-order valence-corrected chi connectivity index (χ0v) is 14.2. The summed E-state index contributed by atoms with van der Waals surface area (Å²) in [6.07, 6.45) is 0. The molecule has 0 bridgehead atoms. The highest BCUT2D eigenvalue weighted by molar-refractivity contribution is 5.79. The molecule has 0 aromatic heterocycles. The monoisotopic (exact) mass is 329 g/mol. The van der Waals surface area contributed by atoms with Crippen LogP contribution in [0.5, 0.6) is 0 Å². The summed E-state index contributed by atoms with van der Waals surface area (Å²) in [5, 5.41) is 12.4. The molecule has 0 saturated heterocycles. The summed E-state index contributed by atoms with van der Waals surface area (Å²) in [6.45, 7) is 3.65. The molecular formula is C19H24FN3O. The van der Waals surface area contributed by atoms with Gasteiger partial charge in [0, 0.05) is 25.7 Å². The molecule has 0 aliphatic rings. The Labute approximate surface area is 142 Å². The van der Waals surface area contributed by atoms with Crippen molar-refractivity contribution < 1.29 is 9.50 Å². The SMILES string of the molecule is CCNC(=NCc1ccc(F)c(CO)c1)N(C)Cc1ccccc1. The molecule has 128 valence electrons. The number of aliphatic hydroxyl groups is 1. The third-order valence-electron chi connectivity index (χ3n) is 3.65. The molecule has 4 nitrogen and oxygen atoms in total. The molecule has 5 heteroatoms. The van der Waals surface area contributed by atoms with Gasteiger partial charge in [-0.05, 0) is 30.2 Å². The Morgan fingerprint density at radius 3 is 2.58 bits per heavy atom. The van der Waals surface area contributed by atoms with Crippen LogP contribution in [0, 0.1) is 5.82 Å². The first-order valence-electron chi connectivity index (χ1n) is 8.05. The van der Waals surface area contributed by atoms with Crippen LogP contribution in [0.3, 0.4) is 0 Å². The Morgan fingerprint density at radius 2 is 1.92 bits per heavy atom. The average Bonchev–Trinajstić information content (AvgIpc) is 2.60. The number of hydrogen-bond donors (Lipinski definition) is 2. The lowest BCUT2D eigenvalue weighted by molar-refractivity contribution is 0.275. The fraction of sp³-hybridized carbons (Fsp3) is 0.316. The standard InChI is InChI=1S/C19H24FN3O/c1-3-21-19(23(2)13-15-7-5-4-6-8-15)22-12-16-9-10-18(20)17(11-16)14-24/h4-11,24H,3,12-14H2,1-2H3,(H,21,22). The first-order valence-corrected chi connectivity index (χ1v) is 8.05. The van der Waals surface area contributed by atoms with E-state index >= 15 is 0 Å². The van der Waals surface area contributed by atoms with E-state index in [-0.39, 0.29) is 6.61 Å². The highest BCUT2D eigenvalue weighted by Crippen LogP contribution is 2.12. The lowest BCUT2D eigenvalue weighted by Gasteiger charge is -2.22. The van der Waals surface area contributed by atoms with Crippen LogP contribution >= 0.6 is 0 Å². The largest absolute Gasteiger partial charge is 0.392 e.